The molecule has 0 radical (unpaired) electrons. The summed E-state index contributed by atoms with van der Waals surface area (Å²) >= 11 is 0. The zero-order chi connectivity index (χ0) is 12.8. The van der Waals surface area contributed by atoms with Crippen LogP contribution >= 0.6 is 0 Å². The van der Waals surface area contributed by atoms with Gasteiger partial charge in [0.1, 0.15) is 0 Å². The van der Waals surface area contributed by atoms with Gasteiger partial charge in [0, 0.05) is 18.6 Å². The van der Waals surface area contributed by atoms with Crippen LogP contribution in [-0.2, 0) is 0 Å². The molecule has 1 aromatic rings. The molecule has 0 aliphatic carbocycles. The van der Waals surface area contributed by atoms with Crippen LogP contribution in [0.15, 0.2) is 30.3 Å². The average molecular weight is 246 g/mol. The highest BCUT2D eigenvalue weighted by molar-refractivity contribution is 5.19. The van der Waals surface area contributed by atoms with Gasteiger partial charge >= 0.3 is 0 Å². The first-order chi connectivity index (χ1) is 8.86. The lowest BCUT2D eigenvalue weighted by atomic mass is 10.00. The van der Waals surface area contributed by atoms with E-state index in [-0.39, 0.29) is 0 Å². The largest absolute Gasteiger partial charge is 0.315 e. The third-order valence-electron chi connectivity index (χ3n) is 3.96. The number of hydrogen-bond donors (Lipinski definition) is 1. The molecule has 1 aliphatic heterocycles. The highest BCUT2D eigenvalue weighted by Crippen LogP contribution is 2.28. The van der Waals surface area contributed by atoms with Crippen molar-refractivity contribution in [2.24, 2.45) is 0 Å². The molecule has 18 heavy (non-hydrogen) atoms. The average Bonchev–Trinajstić information content (AvgIpc) is 2.93. The van der Waals surface area contributed by atoms with Gasteiger partial charge in [0.25, 0.3) is 0 Å². The minimum Gasteiger partial charge on any atom is -0.315 e. The van der Waals surface area contributed by atoms with E-state index in [9.17, 15) is 0 Å². The molecule has 0 bridgehead atoms. The van der Waals surface area contributed by atoms with Crippen molar-refractivity contribution in [3.05, 3.63) is 35.9 Å². The van der Waals surface area contributed by atoms with Gasteiger partial charge in [-0.3, -0.25) is 4.90 Å². The van der Waals surface area contributed by atoms with Crippen LogP contribution in [0.5, 0.6) is 0 Å². The highest BCUT2D eigenvalue weighted by atomic mass is 15.2. The molecule has 100 valence electrons. The number of hydrogen-bond acceptors (Lipinski definition) is 2. The van der Waals surface area contributed by atoms with E-state index in [0.29, 0.717) is 6.04 Å². The van der Waals surface area contributed by atoms with Crippen molar-refractivity contribution >= 4 is 0 Å². The van der Waals surface area contributed by atoms with Crippen LogP contribution in [0.25, 0.3) is 0 Å². The zero-order valence-electron chi connectivity index (χ0n) is 11.7. The first kappa shape index (κ1) is 13.6. The lowest BCUT2D eigenvalue weighted by molar-refractivity contribution is 0.138. The maximum Gasteiger partial charge on any atom is 0.0348 e. The number of nitrogens with zero attached hydrogens (tertiary/aromatic N) is 1. The lowest BCUT2D eigenvalue weighted by Gasteiger charge is -2.36. The van der Waals surface area contributed by atoms with Crippen molar-refractivity contribution < 1.29 is 0 Å². The predicted octanol–water partition coefficient (Wildman–Crippen LogP) is 3.21. The summed E-state index contributed by atoms with van der Waals surface area (Å²) in [6.07, 6.45) is 3.73. The monoisotopic (exact) mass is 246 g/mol. The van der Waals surface area contributed by atoms with Crippen LogP contribution in [0.1, 0.15) is 44.7 Å². The van der Waals surface area contributed by atoms with Crippen LogP contribution in [-0.4, -0.2) is 30.6 Å². The summed E-state index contributed by atoms with van der Waals surface area (Å²) < 4.78 is 0. The first-order valence-corrected chi connectivity index (χ1v) is 7.38. The fourth-order valence-corrected chi connectivity index (χ4v) is 3.11. The Morgan fingerprint density at radius 2 is 2.06 bits per heavy atom. The van der Waals surface area contributed by atoms with Crippen LogP contribution < -0.4 is 5.32 Å². The second-order valence-electron chi connectivity index (χ2n) is 5.22. The molecule has 2 unspecified atom stereocenters. The topological polar surface area (TPSA) is 15.3 Å². The van der Waals surface area contributed by atoms with Crippen LogP contribution in [0, 0.1) is 0 Å². The van der Waals surface area contributed by atoms with Gasteiger partial charge in [-0.1, -0.05) is 44.2 Å². The molecule has 1 saturated heterocycles. The third kappa shape index (κ3) is 3.12. The van der Waals surface area contributed by atoms with E-state index >= 15 is 0 Å². The van der Waals surface area contributed by atoms with Crippen molar-refractivity contribution in [1.29, 1.82) is 0 Å². The minimum atomic E-state index is 0.580. The van der Waals surface area contributed by atoms with Crippen LogP contribution in [0.2, 0.25) is 0 Å². The Kier molecular flexibility index (Phi) is 5.21. The Bertz CT molecular complexity index is 330. The molecule has 1 aromatic carbocycles. The molecular weight excluding hydrogens is 220 g/mol. The van der Waals surface area contributed by atoms with Gasteiger partial charge in [-0.15, -0.1) is 0 Å². The Morgan fingerprint density at radius 1 is 1.28 bits per heavy atom. The van der Waals surface area contributed by atoms with E-state index in [1.807, 2.05) is 0 Å². The van der Waals surface area contributed by atoms with Gasteiger partial charge in [-0.25, -0.2) is 0 Å². The van der Waals surface area contributed by atoms with Crippen molar-refractivity contribution in [2.45, 2.75) is 45.2 Å². The molecule has 0 aromatic heterocycles. The molecule has 1 aliphatic rings. The fourth-order valence-electron chi connectivity index (χ4n) is 3.11. The zero-order valence-corrected chi connectivity index (χ0v) is 11.7. The molecule has 2 nitrogen and oxygen atoms in total. The molecule has 2 atom stereocenters. The summed E-state index contributed by atoms with van der Waals surface area (Å²) in [4.78, 5) is 2.72. The van der Waals surface area contributed by atoms with Gasteiger partial charge in [-0.05, 0) is 37.9 Å². The Labute approximate surface area is 111 Å². The lowest BCUT2D eigenvalue weighted by Crippen LogP contribution is -2.40. The van der Waals surface area contributed by atoms with Crippen molar-refractivity contribution in [2.75, 3.05) is 19.6 Å². The van der Waals surface area contributed by atoms with Crippen LogP contribution in [0.4, 0.5) is 0 Å². The first-order valence-electron chi connectivity index (χ1n) is 7.38. The second kappa shape index (κ2) is 6.91. The maximum absolute atomic E-state index is 3.50. The molecule has 0 amide bonds. The Hall–Kier alpha value is -0.860. The van der Waals surface area contributed by atoms with E-state index in [2.05, 4.69) is 54.4 Å². The van der Waals surface area contributed by atoms with E-state index < -0.39 is 0 Å². The maximum atomic E-state index is 3.50. The second-order valence-corrected chi connectivity index (χ2v) is 5.22. The van der Waals surface area contributed by atoms with E-state index in [1.165, 1.54) is 37.9 Å². The SMILES string of the molecule is CCCN(C1CCNC1)C(CC)c1ccccc1. The predicted molar refractivity (Wildman–Crippen MR) is 77.7 cm³/mol. The van der Waals surface area contributed by atoms with Crippen LogP contribution in [0.3, 0.4) is 0 Å². The van der Waals surface area contributed by atoms with Gasteiger partial charge in [-0.2, -0.15) is 0 Å². The van der Waals surface area contributed by atoms with Gasteiger partial charge < -0.3 is 5.32 Å². The summed E-state index contributed by atoms with van der Waals surface area (Å²) in [5.41, 5.74) is 1.47. The highest BCUT2D eigenvalue weighted by Gasteiger charge is 2.27. The summed E-state index contributed by atoms with van der Waals surface area (Å²) in [6, 6.07) is 12.3. The summed E-state index contributed by atoms with van der Waals surface area (Å²) in [7, 11) is 0. The normalized spacial score (nSPS) is 21.4. The van der Waals surface area contributed by atoms with Gasteiger partial charge in [0.2, 0.25) is 0 Å². The van der Waals surface area contributed by atoms with E-state index in [4.69, 9.17) is 0 Å². The molecule has 1 heterocycles. The van der Waals surface area contributed by atoms with E-state index in [0.717, 1.165) is 12.6 Å². The third-order valence-corrected chi connectivity index (χ3v) is 3.96. The quantitative estimate of drug-likeness (QED) is 0.829. The standard InChI is InChI=1S/C16H26N2/c1-3-12-18(15-10-11-17-13-15)16(4-2)14-8-6-5-7-9-14/h5-9,15-17H,3-4,10-13H2,1-2H3. The summed E-state index contributed by atoms with van der Waals surface area (Å²) in [6.45, 7) is 8.13. The summed E-state index contributed by atoms with van der Waals surface area (Å²) in [5.74, 6) is 0. The molecule has 1 fully saturated rings. The van der Waals surface area contributed by atoms with Crippen molar-refractivity contribution in [3.63, 3.8) is 0 Å². The molecule has 2 rings (SSSR count). The summed E-state index contributed by atoms with van der Waals surface area (Å²) in [5, 5.41) is 3.50. The Morgan fingerprint density at radius 3 is 2.61 bits per heavy atom. The Balaban J connectivity index is 2.16. The van der Waals surface area contributed by atoms with Crippen molar-refractivity contribution in [3.8, 4) is 0 Å². The molecule has 0 saturated carbocycles. The minimum absolute atomic E-state index is 0.580. The molecule has 1 N–H and O–H groups in total. The number of rotatable bonds is 6. The molecule has 2 heteroatoms. The smallest absolute Gasteiger partial charge is 0.0348 e. The molecular formula is C16H26N2. The number of nitrogens with one attached hydrogen (secondary N) is 1. The van der Waals surface area contributed by atoms with E-state index in [1.54, 1.807) is 0 Å². The van der Waals surface area contributed by atoms with Gasteiger partial charge in [0.05, 0.1) is 0 Å². The fraction of sp³-hybridized carbons (Fsp3) is 0.625. The van der Waals surface area contributed by atoms with Gasteiger partial charge in [0.15, 0.2) is 0 Å². The number of benzene rings is 1. The molecule has 0 spiro atoms. The van der Waals surface area contributed by atoms with Crippen molar-refractivity contribution in [1.82, 2.24) is 10.2 Å².